The molecule has 0 saturated carbocycles. The lowest BCUT2D eigenvalue weighted by molar-refractivity contribution is -0.148. The largest absolute Gasteiger partial charge is 0.459 e. The highest BCUT2D eigenvalue weighted by Crippen LogP contribution is 2.09. The second-order valence-corrected chi connectivity index (χ2v) is 8.16. The summed E-state index contributed by atoms with van der Waals surface area (Å²) in [7, 11) is -1.49. The molecule has 0 bridgehead atoms. The molecule has 0 saturated heterocycles. The Labute approximate surface area is 178 Å². The van der Waals surface area contributed by atoms with Crippen LogP contribution in [0, 0.1) is 0 Å². The lowest BCUT2D eigenvalue weighted by Crippen LogP contribution is -2.45. The monoisotopic (exact) mass is 421 g/mol. The van der Waals surface area contributed by atoms with E-state index >= 15 is 0 Å². The van der Waals surface area contributed by atoms with Gasteiger partial charge in [0.15, 0.2) is 0 Å². The normalized spacial score (nSPS) is 12.5. The first-order valence-corrected chi connectivity index (χ1v) is 10.9. The fourth-order valence-electron chi connectivity index (χ4n) is 2.88. The highest BCUT2D eigenvalue weighted by atomic mass is 32.2. The van der Waals surface area contributed by atoms with Crippen LogP contribution >= 0.6 is 0 Å². The Morgan fingerprint density at radius 3 is 1.93 bits per heavy atom. The number of carbonyl (C=O) groups excluding carboxylic acids is 2. The Kier molecular flexibility index (Phi) is 7.92. The summed E-state index contributed by atoms with van der Waals surface area (Å²) >= 11 is 0. The number of rotatable bonds is 9. The number of ether oxygens (including phenoxy) is 1. The van der Waals surface area contributed by atoms with Crippen LogP contribution in [0.3, 0.4) is 0 Å². The number of benzene rings is 3. The van der Waals surface area contributed by atoms with Gasteiger partial charge in [0.25, 0.3) is 0 Å². The number of nitrogens with one attached hydrogen (secondary N) is 1. The first-order valence-electron chi connectivity index (χ1n) is 9.59. The van der Waals surface area contributed by atoms with Crippen molar-refractivity contribution in [1.29, 1.82) is 0 Å². The van der Waals surface area contributed by atoms with E-state index in [9.17, 15) is 13.8 Å². The van der Waals surface area contributed by atoms with Crippen LogP contribution in [0.25, 0.3) is 0 Å². The lowest BCUT2D eigenvalue weighted by atomic mass is 10.1. The van der Waals surface area contributed by atoms with Crippen LogP contribution in [-0.4, -0.2) is 27.9 Å². The molecule has 6 heteroatoms. The predicted molar refractivity (Wildman–Crippen MR) is 116 cm³/mol. The lowest BCUT2D eigenvalue weighted by Gasteiger charge is -2.18. The summed E-state index contributed by atoms with van der Waals surface area (Å²) in [6.45, 7) is 0.122. The van der Waals surface area contributed by atoms with Crippen LogP contribution in [0.1, 0.15) is 11.1 Å². The summed E-state index contributed by atoms with van der Waals surface area (Å²) in [6.07, 6.45) is 0.290. The Bertz CT molecular complexity index is 978. The van der Waals surface area contributed by atoms with Gasteiger partial charge in [0.05, 0.1) is 10.8 Å². The summed E-state index contributed by atoms with van der Waals surface area (Å²) in [5.41, 5.74) is 1.75. The smallest absolute Gasteiger partial charge is 0.329 e. The van der Waals surface area contributed by atoms with Crippen molar-refractivity contribution in [2.75, 3.05) is 5.75 Å². The van der Waals surface area contributed by atoms with E-state index in [0.717, 1.165) is 11.1 Å². The predicted octanol–water partition coefficient (Wildman–Crippen LogP) is 3.27. The van der Waals surface area contributed by atoms with E-state index < -0.39 is 28.7 Å². The minimum absolute atomic E-state index is 0.122. The molecule has 0 spiro atoms. The van der Waals surface area contributed by atoms with E-state index in [4.69, 9.17) is 4.74 Å². The highest BCUT2D eigenvalue weighted by molar-refractivity contribution is 7.85. The van der Waals surface area contributed by atoms with E-state index in [2.05, 4.69) is 5.32 Å². The third kappa shape index (κ3) is 6.67. The van der Waals surface area contributed by atoms with Gasteiger partial charge in [-0.2, -0.15) is 0 Å². The molecule has 30 heavy (non-hydrogen) atoms. The second kappa shape index (κ2) is 11.1. The van der Waals surface area contributed by atoms with Crippen LogP contribution in [0.2, 0.25) is 0 Å². The molecule has 1 amide bonds. The summed E-state index contributed by atoms with van der Waals surface area (Å²) in [4.78, 5) is 25.8. The van der Waals surface area contributed by atoms with Crippen LogP contribution in [0.15, 0.2) is 95.9 Å². The summed E-state index contributed by atoms with van der Waals surface area (Å²) in [5, 5.41) is 2.70. The molecule has 0 aliphatic carbocycles. The third-order valence-electron chi connectivity index (χ3n) is 4.39. The van der Waals surface area contributed by atoms with Crippen LogP contribution in [0.4, 0.5) is 0 Å². The van der Waals surface area contributed by atoms with E-state index in [1.807, 2.05) is 66.7 Å². The number of esters is 1. The molecule has 154 valence electrons. The minimum atomic E-state index is -1.49. The van der Waals surface area contributed by atoms with Gasteiger partial charge in [-0.1, -0.05) is 78.9 Å². The summed E-state index contributed by atoms with van der Waals surface area (Å²) in [6, 6.07) is 26.6. The van der Waals surface area contributed by atoms with E-state index in [1.54, 1.807) is 24.3 Å². The molecule has 0 fully saturated rings. The Balaban J connectivity index is 1.64. The quantitative estimate of drug-likeness (QED) is 0.538. The molecule has 0 aliphatic heterocycles. The second-order valence-electron chi connectivity index (χ2n) is 6.71. The number of hydrogen-bond acceptors (Lipinski definition) is 4. The summed E-state index contributed by atoms with van der Waals surface area (Å²) in [5.74, 6) is -1.21. The van der Waals surface area contributed by atoms with Crippen molar-refractivity contribution < 1.29 is 18.5 Å². The Hall–Kier alpha value is -3.25. The fraction of sp³-hybridized carbons (Fsp3) is 0.167. The van der Waals surface area contributed by atoms with Gasteiger partial charge >= 0.3 is 5.97 Å². The van der Waals surface area contributed by atoms with Crippen molar-refractivity contribution in [3.05, 3.63) is 102 Å². The van der Waals surface area contributed by atoms with Gasteiger partial charge in [-0.3, -0.25) is 9.00 Å². The van der Waals surface area contributed by atoms with Gasteiger partial charge in [-0.05, 0) is 23.3 Å². The summed E-state index contributed by atoms with van der Waals surface area (Å²) < 4.78 is 17.8. The Morgan fingerprint density at radius 1 is 0.800 bits per heavy atom. The molecule has 0 radical (unpaired) electrons. The maximum Gasteiger partial charge on any atom is 0.329 e. The number of hydrogen-bond donors (Lipinski definition) is 1. The standard InChI is InChI=1S/C24H23NO4S/c26-23(18-30(28)21-14-8-3-9-15-21)25-22(16-19-10-4-1-5-11-19)24(27)29-17-20-12-6-2-7-13-20/h1-15,22H,16-18H2,(H,25,26)/t22-,30?/m0/s1. The fourth-order valence-corrected chi connectivity index (χ4v) is 3.83. The molecule has 0 aliphatic rings. The highest BCUT2D eigenvalue weighted by Gasteiger charge is 2.24. The Morgan fingerprint density at radius 2 is 1.33 bits per heavy atom. The van der Waals surface area contributed by atoms with Gasteiger partial charge in [0.2, 0.25) is 5.91 Å². The van der Waals surface area contributed by atoms with E-state index in [-0.39, 0.29) is 18.8 Å². The van der Waals surface area contributed by atoms with Crippen molar-refractivity contribution in [3.8, 4) is 0 Å². The molecule has 5 nitrogen and oxygen atoms in total. The van der Waals surface area contributed by atoms with Crippen LogP contribution in [0.5, 0.6) is 0 Å². The van der Waals surface area contributed by atoms with Crippen molar-refractivity contribution >= 4 is 22.7 Å². The van der Waals surface area contributed by atoms with Crippen LogP contribution < -0.4 is 5.32 Å². The molecule has 0 aromatic heterocycles. The van der Waals surface area contributed by atoms with Crippen LogP contribution in [-0.2, 0) is 38.2 Å². The molecule has 3 aromatic carbocycles. The van der Waals surface area contributed by atoms with Crippen molar-refractivity contribution in [3.63, 3.8) is 0 Å². The molecule has 3 aromatic rings. The number of carbonyl (C=O) groups is 2. The molecular formula is C24H23NO4S. The molecule has 0 heterocycles. The zero-order valence-corrected chi connectivity index (χ0v) is 17.2. The first-order chi connectivity index (χ1) is 14.6. The maximum absolute atomic E-state index is 12.7. The average Bonchev–Trinajstić information content (AvgIpc) is 2.79. The minimum Gasteiger partial charge on any atom is -0.459 e. The van der Waals surface area contributed by atoms with Crippen molar-refractivity contribution in [2.45, 2.75) is 24.0 Å². The van der Waals surface area contributed by atoms with Gasteiger partial charge in [0, 0.05) is 11.3 Å². The van der Waals surface area contributed by atoms with Gasteiger partial charge in [0.1, 0.15) is 18.4 Å². The van der Waals surface area contributed by atoms with Crippen molar-refractivity contribution in [2.24, 2.45) is 0 Å². The van der Waals surface area contributed by atoms with E-state index in [0.29, 0.717) is 4.90 Å². The van der Waals surface area contributed by atoms with Gasteiger partial charge in [-0.15, -0.1) is 0 Å². The molecule has 1 unspecified atom stereocenters. The molecule has 2 atom stereocenters. The first kappa shape index (κ1) is 21.5. The third-order valence-corrected chi connectivity index (χ3v) is 5.72. The zero-order chi connectivity index (χ0) is 21.2. The molecule has 1 N–H and O–H groups in total. The molecule has 3 rings (SSSR count). The average molecular weight is 422 g/mol. The topological polar surface area (TPSA) is 72.5 Å². The van der Waals surface area contributed by atoms with Gasteiger partial charge in [-0.25, -0.2) is 4.79 Å². The zero-order valence-electron chi connectivity index (χ0n) is 16.4. The van der Waals surface area contributed by atoms with Crippen molar-refractivity contribution in [1.82, 2.24) is 5.32 Å². The van der Waals surface area contributed by atoms with E-state index in [1.165, 1.54) is 0 Å². The van der Waals surface area contributed by atoms with Gasteiger partial charge < -0.3 is 10.1 Å². The maximum atomic E-state index is 12.7. The molecular weight excluding hydrogens is 398 g/mol. The number of amides is 1. The SMILES string of the molecule is O=C(CS(=O)c1ccccc1)N[C@@H](Cc1ccccc1)C(=O)OCc1ccccc1.